The van der Waals surface area contributed by atoms with Crippen LogP contribution >= 0.6 is 0 Å². The van der Waals surface area contributed by atoms with Crippen LogP contribution in [0.4, 0.5) is 0 Å². The van der Waals surface area contributed by atoms with Gasteiger partial charge in [-0.15, -0.1) is 0 Å². The van der Waals surface area contributed by atoms with Crippen LogP contribution in [0.25, 0.3) is 16.3 Å². The number of carboxylic acid groups (broad SMARTS) is 1. The normalized spacial score (nSPS) is 18.1. The summed E-state index contributed by atoms with van der Waals surface area (Å²) in [6.45, 7) is 1.52. The number of benzene rings is 3. The third-order valence-corrected chi connectivity index (χ3v) is 6.04. The van der Waals surface area contributed by atoms with Crippen LogP contribution in [0.1, 0.15) is 24.0 Å². The topological polar surface area (TPSA) is 49.8 Å². The number of hydrogen-bond acceptors (Lipinski definition) is 3. The molecule has 2 aliphatic rings. The minimum Gasteiger partial charge on any atom is -0.482 e. The monoisotopic (exact) mass is 385 g/mol. The largest absolute Gasteiger partial charge is 0.482 e. The van der Waals surface area contributed by atoms with Gasteiger partial charge in [-0.3, -0.25) is 9.69 Å². The second-order valence-electron chi connectivity index (χ2n) is 7.92. The molecule has 146 valence electrons. The summed E-state index contributed by atoms with van der Waals surface area (Å²) in [5.41, 5.74) is 3.14. The van der Waals surface area contributed by atoms with Crippen LogP contribution in [0.2, 0.25) is 0 Å². The number of ether oxygens (including phenoxy) is 1. The molecule has 2 heterocycles. The summed E-state index contributed by atoms with van der Waals surface area (Å²) in [6, 6.07) is 23.1. The van der Waals surface area contributed by atoms with Crippen molar-refractivity contribution >= 4 is 22.3 Å². The predicted octanol–water partition coefficient (Wildman–Crippen LogP) is 4.58. The van der Waals surface area contributed by atoms with E-state index >= 15 is 0 Å². The molecule has 0 unspecified atom stereocenters. The van der Waals surface area contributed by atoms with Crippen LogP contribution in [0.5, 0.6) is 5.75 Å². The van der Waals surface area contributed by atoms with E-state index in [9.17, 15) is 4.79 Å². The molecule has 4 heteroatoms. The lowest BCUT2D eigenvalue weighted by molar-refractivity contribution is -0.139. The Balaban J connectivity index is 1.60. The first kappa shape index (κ1) is 18.0. The van der Waals surface area contributed by atoms with E-state index in [1.807, 2.05) is 17.0 Å². The molecule has 0 aromatic heterocycles. The maximum atomic E-state index is 11.1. The van der Waals surface area contributed by atoms with Gasteiger partial charge in [0.2, 0.25) is 0 Å². The van der Waals surface area contributed by atoms with Gasteiger partial charge in [0.25, 0.3) is 0 Å². The zero-order valence-corrected chi connectivity index (χ0v) is 16.2. The van der Waals surface area contributed by atoms with Crippen molar-refractivity contribution in [2.75, 3.05) is 19.6 Å². The Kier molecular flexibility index (Phi) is 4.36. The second kappa shape index (κ2) is 7.05. The minimum absolute atomic E-state index is 0.0898. The van der Waals surface area contributed by atoms with Gasteiger partial charge in [0.15, 0.2) is 0 Å². The van der Waals surface area contributed by atoms with E-state index in [0.29, 0.717) is 13.1 Å². The molecule has 5 rings (SSSR count). The Morgan fingerprint density at radius 3 is 2.45 bits per heavy atom. The van der Waals surface area contributed by atoms with Gasteiger partial charge in [-0.05, 0) is 34.1 Å². The fraction of sp³-hybridized carbons (Fsp3) is 0.240. The highest BCUT2D eigenvalue weighted by molar-refractivity contribution is 5.99. The van der Waals surface area contributed by atoms with Gasteiger partial charge in [0.1, 0.15) is 11.4 Å². The molecule has 1 N–H and O–H groups in total. The maximum Gasteiger partial charge on any atom is 0.317 e. The summed E-state index contributed by atoms with van der Waals surface area (Å²) in [4.78, 5) is 13.1. The fourth-order valence-electron chi connectivity index (χ4n) is 4.58. The highest BCUT2D eigenvalue weighted by Crippen LogP contribution is 2.44. The number of aliphatic carboxylic acids is 1. The molecule has 1 fully saturated rings. The Bertz CT molecular complexity index is 1100. The average Bonchev–Trinajstić information content (AvgIpc) is 2.74. The van der Waals surface area contributed by atoms with E-state index < -0.39 is 11.6 Å². The molecular weight excluding hydrogens is 362 g/mol. The maximum absolute atomic E-state index is 11.1. The lowest BCUT2D eigenvalue weighted by Gasteiger charge is -2.42. The van der Waals surface area contributed by atoms with E-state index in [-0.39, 0.29) is 6.54 Å². The third kappa shape index (κ3) is 3.30. The molecule has 0 atom stereocenters. The first-order chi connectivity index (χ1) is 14.1. The molecule has 0 aliphatic carbocycles. The summed E-state index contributed by atoms with van der Waals surface area (Å²) in [5.74, 6) is 0.132. The van der Waals surface area contributed by atoms with Crippen molar-refractivity contribution in [1.82, 2.24) is 4.90 Å². The summed E-state index contributed by atoms with van der Waals surface area (Å²) in [6.07, 6.45) is 3.85. The predicted molar refractivity (Wildman–Crippen MR) is 114 cm³/mol. The van der Waals surface area contributed by atoms with Gasteiger partial charge in [-0.1, -0.05) is 60.7 Å². The molecule has 2 aliphatic heterocycles. The quantitative estimate of drug-likeness (QED) is 0.717. The van der Waals surface area contributed by atoms with Gasteiger partial charge in [0.05, 0.1) is 6.54 Å². The van der Waals surface area contributed by atoms with Crippen LogP contribution < -0.4 is 4.74 Å². The van der Waals surface area contributed by atoms with E-state index in [2.05, 4.69) is 60.7 Å². The minimum atomic E-state index is -0.775. The average molecular weight is 385 g/mol. The highest BCUT2D eigenvalue weighted by Gasteiger charge is 2.39. The number of carboxylic acids is 1. The summed E-state index contributed by atoms with van der Waals surface area (Å²) >= 11 is 0. The highest BCUT2D eigenvalue weighted by atomic mass is 16.5. The van der Waals surface area contributed by atoms with Crippen molar-refractivity contribution < 1.29 is 14.6 Å². The van der Waals surface area contributed by atoms with Crippen molar-refractivity contribution in [2.45, 2.75) is 18.4 Å². The van der Waals surface area contributed by atoms with Gasteiger partial charge >= 0.3 is 5.97 Å². The number of fused-ring (bicyclic) bond motifs is 2. The van der Waals surface area contributed by atoms with E-state index in [4.69, 9.17) is 9.84 Å². The summed E-state index contributed by atoms with van der Waals surface area (Å²) < 4.78 is 6.53. The zero-order chi connectivity index (χ0) is 19.8. The standard InChI is InChI=1S/C25H23NO3/c27-24(28)17-26-14-12-25(13-15-26)16-22(21-9-3-4-11-23(21)29-25)20-10-5-7-18-6-1-2-8-19(18)20/h1-11,16H,12-15,17H2,(H,27,28). The first-order valence-corrected chi connectivity index (χ1v) is 10.1. The Morgan fingerprint density at radius 2 is 1.62 bits per heavy atom. The molecule has 0 amide bonds. The van der Waals surface area contributed by atoms with Crippen LogP contribution in [0.3, 0.4) is 0 Å². The van der Waals surface area contributed by atoms with E-state index in [1.54, 1.807) is 0 Å². The number of carbonyl (C=O) groups is 1. The van der Waals surface area contributed by atoms with Crippen LogP contribution in [0.15, 0.2) is 72.8 Å². The number of likely N-dealkylation sites (tertiary alicyclic amines) is 1. The molecule has 0 saturated carbocycles. The van der Waals surface area contributed by atoms with Gasteiger partial charge in [0, 0.05) is 31.5 Å². The lowest BCUT2D eigenvalue weighted by atomic mass is 9.82. The van der Waals surface area contributed by atoms with E-state index in [1.165, 1.54) is 21.9 Å². The molecule has 4 nitrogen and oxygen atoms in total. The molecule has 3 aromatic carbocycles. The zero-order valence-electron chi connectivity index (χ0n) is 16.2. The van der Waals surface area contributed by atoms with Crippen molar-refractivity contribution in [1.29, 1.82) is 0 Å². The molecule has 3 aromatic rings. The van der Waals surface area contributed by atoms with Crippen molar-refractivity contribution in [3.05, 3.63) is 83.9 Å². The van der Waals surface area contributed by atoms with Crippen molar-refractivity contribution in [3.8, 4) is 5.75 Å². The molecule has 29 heavy (non-hydrogen) atoms. The van der Waals surface area contributed by atoms with Gasteiger partial charge in [-0.25, -0.2) is 0 Å². The Hall–Kier alpha value is -3.11. The van der Waals surface area contributed by atoms with Crippen LogP contribution in [-0.2, 0) is 4.79 Å². The second-order valence-corrected chi connectivity index (χ2v) is 7.92. The number of nitrogens with zero attached hydrogens (tertiary/aromatic N) is 1. The molecule has 0 radical (unpaired) electrons. The summed E-state index contributed by atoms with van der Waals surface area (Å²) in [5, 5.41) is 11.6. The smallest absolute Gasteiger partial charge is 0.317 e. The van der Waals surface area contributed by atoms with Crippen molar-refractivity contribution in [2.24, 2.45) is 0 Å². The first-order valence-electron chi connectivity index (χ1n) is 10.1. The Morgan fingerprint density at radius 1 is 0.931 bits per heavy atom. The SMILES string of the molecule is O=C(O)CN1CCC2(C=C(c3cccc4ccccc34)c3ccccc3O2)CC1. The molecule has 1 spiro atoms. The van der Waals surface area contributed by atoms with Crippen LogP contribution in [0, 0.1) is 0 Å². The van der Waals surface area contributed by atoms with Gasteiger partial charge < -0.3 is 9.84 Å². The molecule has 0 bridgehead atoms. The third-order valence-electron chi connectivity index (χ3n) is 6.04. The summed E-state index contributed by atoms with van der Waals surface area (Å²) in [7, 11) is 0. The number of para-hydroxylation sites is 1. The number of hydrogen-bond donors (Lipinski definition) is 1. The van der Waals surface area contributed by atoms with Crippen LogP contribution in [-0.4, -0.2) is 41.2 Å². The lowest BCUT2D eigenvalue weighted by Crippen LogP contribution is -2.49. The molecular formula is C25H23NO3. The van der Waals surface area contributed by atoms with Gasteiger partial charge in [-0.2, -0.15) is 0 Å². The fourth-order valence-corrected chi connectivity index (χ4v) is 4.58. The molecule has 1 saturated heterocycles. The van der Waals surface area contributed by atoms with Crippen molar-refractivity contribution in [3.63, 3.8) is 0 Å². The Labute approximate surface area is 170 Å². The van der Waals surface area contributed by atoms with E-state index in [0.717, 1.165) is 24.2 Å². The number of piperidine rings is 1. The number of rotatable bonds is 3.